The first-order chi connectivity index (χ1) is 14.7. The van der Waals surface area contributed by atoms with Crippen molar-refractivity contribution in [3.05, 3.63) is 62.3 Å². The van der Waals surface area contributed by atoms with Gasteiger partial charge in [0.2, 0.25) is 5.43 Å². The number of aromatic hydroxyl groups is 1. The zero-order chi connectivity index (χ0) is 22.5. The number of amides is 1. The van der Waals surface area contributed by atoms with Crippen LogP contribution in [0.3, 0.4) is 0 Å². The number of fused-ring (bicyclic) bond motifs is 3. The molecule has 2 aromatic rings. The zero-order valence-corrected chi connectivity index (χ0v) is 18.1. The second-order valence-electron chi connectivity index (χ2n) is 8.21. The van der Waals surface area contributed by atoms with Crippen LogP contribution in [-0.2, 0) is 6.42 Å². The number of Topliss-reactive ketones (excluding diaryl/α,β-unsaturated/α-hetero) is 1. The molecule has 0 unspecified atom stereocenters. The van der Waals surface area contributed by atoms with Gasteiger partial charge in [-0.05, 0) is 44.2 Å². The number of aryl methyl sites for hydroxylation is 1. The van der Waals surface area contributed by atoms with Gasteiger partial charge in [0.25, 0.3) is 5.91 Å². The summed E-state index contributed by atoms with van der Waals surface area (Å²) in [6.45, 7) is 2.52. The molecule has 1 saturated heterocycles. The molecule has 2 aliphatic rings. The van der Waals surface area contributed by atoms with E-state index in [4.69, 9.17) is 11.6 Å². The Bertz CT molecular complexity index is 1150. The summed E-state index contributed by atoms with van der Waals surface area (Å²) in [6, 6.07) is 4.53. The number of rotatable bonds is 4. The van der Waals surface area contributed by atoms with Crippen LogP contribution in [0.25, 0.3) is 0 Å². The summed E-state index contributed by atoms with van der Waals surface area (Å²) in [5.41, 5.74) is -1.64. The van der Waals surface area contributed by atoms with Crippen LogP contribution in [0.5, 0.6) is 5.75 Å². The molecule has 164 valence electrons. The van der Waals surface area contributed by atoms with Gasteiger partial charge in [-0.15, -0.1) is 0 Å². The van der Waals surface area contributed by atoms with Crippen LogP contribution in [0, 0.1) is 5.82 Å². The maximum absolute atomic E-state index is 14.1. The summed E-state index contributed by atoms with van der Waals surface area (Å²) in [6.07, 6.45) is 3.78. The van der Waals surface area contributed by atoms with Crippen LogP contribution in [0.1, 0.15) is 59.0 Å². The standard InChI is InChI=1S/C22H23ClFN3O4/c1-22-10-3-4-11-27(22)26-12-14(19(29)20(30)18(26)21(31)25(22)2)16(28)9-8-13-6-5-7-15(23)17(13)24/h5-7,12,30H,3-4,8-11H2,1-2H3/t22-/m0/s1. The minimum Gasteiger partial charge on any atom is -0.502 e. The van der Waals surface area contributed by atoms with Gasteiger partial charge in [0.15, 0.2) is 17.2 Å². The molecular formula is C22H23ClFN3O4. The quantitative estimate of drug-likeness (QED) is 0.728. The average molecular weight is 448 g/mol. The predicted octanol–water partition coefficient (Wildman–Crippen LogP) is 3.09. The number of halogens is 2. The second kappa shape index (κ2) is 7.67. The van der Waals surface area contributed by atoms with Gasteiger partial charge < -0.3 is 10.0 Å². The molecule has 0 spiro atoms. The lowest BCUT2D eigenvalue weighted by Gasteiger charge is -2.55. The number of carbonyl (C=O) groups excluding carboxylic acids is 2. The highest BCUT2D eigenvalue weighted by Gasteiger charge is 2.47. The van der Waals surface area contributed by atoms with E-state index in [1.165, 1.54) is 27.9 Å². The Kier molecular flexibility index (Phi) is 5.29. The van der Waals surface area contributed by atoms with Crippen LogP contribution in [0.4, 0.5) is 4.39 Å². The molecule has 0 bridgehead atoms. The number of piperidine rings is 1. The third kappa shape index (κ3) is 3.29. The first kappa shape index (κ1) is 21.4. The third-order valence-corrected chi connectivity index (χ3v) is 6.73. The molecule has 9 heteroatoms. The first-order valence-electron chi connectivity index (χ1n) is 10.2. The van der Waals surface area contributed by atoms with E-state index in [0.717, 1.165) is 19.3 Å². The highest BCUT2D eigenvalue weighted by atomic mass is 35.5. The zero-order valence-electron chi connectivity index (χ0n) is 17.3. The number of pyridine rings is 1. The van der Waals surface area contributed by atoms with Gasteiger partial charge in [-0.1, -0.05) is 23.7 Å². The van der Waals surface area contributed by atoms with Crippen molar-refractivity contribution in [3.8, 4) is 5.75 Å². The molecule has 2 aliphatic heterocycles. The summed E-state index contributed by atoms with van der Waals surface area (Å²) < 4.78 is 15.6. The number of aromatic nitrogens is 1. The van der Waals surface area contributed by atoms with Crippen molar-refractivity contribution in [2.24, 2.45) is 0 Å². The molecular weight excluding hydrogens is 425 g/mol. The van der Waals surface area contributed by atoms with Gasteiger partial charge in [-0.25, -0.2) is 4.39 Å². The minimum absolute atomic E-state index is 0.0385. The van der Waals surface area contributed by atoms with Crippen molar-refractivity contribution in [3.63, 3.8) is 0 Å². The average Bonchev–Trinajstić information content (AvgIpc) is 2.75. The van der Waals surface area contributed by atoms with Crippen molar-refractivity contribution < 1.29 is 19.1 Å². The van der Waals surface area contributed by atoms with E-state index < -0.39 is 34.3 Å². The van der Waals surface area contributed by atoms with Crippen LogP contribution in [0.2, 0.25) is 5.02 Å². The lowest BCUT2D eigenvalue weighted by Crippen LogP contribution is -2.69. The van der Waals surface area contributed by atoms with Gasteiger partial charge in [-0.2, -0.15) is 0 Å². The van der Waals surface area contributed by atoms with E-state index in [2.05, 4.69) is 0 Å². The Morgan fingerprint density at radius 2 is 2.03 bits per heavy atom. The van der Waals surface area contributed by atoms with Crippen molar-refractivity contribution in [1.29, 1.82) is 0 Å². The fourth-order valence-electron chi connectivity index (χ4n) is 4.45. The summed E-state index contributed by atoms with van der Waals surface area (Å²) in [7, 11) is 1.65. The Morgan fingerprint density at radius 3 is 2.77 bits per heavy atom. The molecule has 0 aliphatic carbocycles. The van der Waals surface area contributed by atoms with E-state index >= 15 is 0 Å². The molecule has 4 rings (SSSR count). The van der Waals surface area contributed by atoms with E-state index in [1.54, 1.807) is 13.1 Å². The SMILES string of the molecule is CN1C(=O)c2c(O)c(=O)c(C(=O)CCc3cccc(Cl)c3F)cn2N2CCCC[C@@]12C. The molecule has 1 aromatic heterocycles. The molecule has 1 N–H and O–H groups in total. The summed E-state index contributed by atoms with van der Waals surface area (Å²) in [5.74, 6) is -2.36. The Hall–Kier alpha value is -2.87. The summed E-state index contributed by atoms with van der Waals surface area (Å²) in [5, 5.41) is 12.4. The third-order valence-electron chi connectivity index (χ3n) is 6.43. The highest BCUT2D eigenvalue weighted by Crippen LogP contribution is 2.36. The molecule has 0 radical (unpaired) electrons. The lowest BCUT2D eigenvalue weighted by atomic mass is 9.94. The summed E-state index contributed by atoms with van der Waals surface area (Å²) >= 11 is 5.79. The smallest absolute Gasteiger partial charge is 0.278 e. The fraction of sp³-hybridized carbons (Fsp3) is 0.409. The van der Waals surface area contributed by atoms with Crippen LogP contribution >= 0.6 is 11.6 Å². The van der Waals surface area contributed by atoms with Crippen molar-refractivity contribution in [2.75, 3.05) is 18.6 Å². The van der Waals surface area contributed by atoms with Gasteiger partial charge >= 0.3 is 0 Å². The fourth-order valence-corrected chi connectivity index (χ4v) is 4.65. The molecule has 31 heavy (non-hydrogen) atoms. The number of benzene rings is 1. The Morgan fingerprint density at radius 1 is 1.29 bits per heavy atom. The molecule has 1 amide bonds. The van der Waals surface area contributed by atoms with Gasteiger partial charge in [0.05, 0.1) is 10.6 Å². The van der Waals surface area contributed by atoms with E-state index in [9.17, 15) is 23.9 Å². The van der Waals surface area contributed by atoms with Crippen molar-refractivity contribution in [2.45, 2.75) is 44.7 Å². The van der Waals surface area contributed by atoms with E-state index in [-0.39, 0.29) is 34.7 Å². The number of ketones is 1. The molecule has 1 aromatic carbocycles. The Labute approximate surface area is 183 Å². The number of nitrogens with zero attached hydrogens (tertiary/aromatic N) is 3. The maximum Gasteiger partial charge on any atom is 0.278 e. The largest absolute Gasteiger partial charge is 0.502 e. The van der Waals surface area contributed by atoms with Crippen molar-refractivity contribution in [1.82, 2.24) is 9.58 Å². The van der Waals surface area contributed by atoms with Crippen LogP contribution in [-0.4, -0.2) is 45.6 Å². The lowest BCUT2D eigenvalue weighted by molar-refractivity contribution is 0.0323. The normalized spacial score (nSPS) is 20.5. The topological polar surface area (TPSA) is 82.9 Å². The van der Waals surface area contributed by atoms with Gasteiger partial charge in [0, 0.05) is 26.2 Å². The van der Waals surface area contributed by atoms with E-state index in [1.807, 2.05) is 11.9 Å². The molecule has 1 atom stereocenters. The molecule has 0 saturated carbocycles. The minimum atomic E-state index is -0.898. The number of carbonyl (C=O) groups is 2. The van der Waals surface area contributed by atoms with Gasteiger partial charge in [0.1, 0.15) is 11.5 Å². The van der Waals surface area contributed by atoms with Gasteiger partial charge in [-0.3, -0.25) is 24.1 Å². The molecule has 3 heterocycles. The van der Waals surface area contributed by atoms with E-state index in [0.29, 0.717) is 6.54 Å². The second-order valence-corrected chi connectivity index (χ2v) is 8.62. The summed E-state index contributed by atoms with van der Waals surface area (Å²) in [4.78, 5) is 40.1. The van der Waals surface area contributed by atoms with Crippen LogP contribution < -0.4 is 10.4 Å². The predicted molar refractivity (Wildman–Crippen MR) is 114 cm³/mol. The number of hydrogen-bond acceptors (Lipinski definition) is 5. The maximum atomic E-state index is 14.1. The Balaban J connectivity index is 1.72. The van der Waals surface area contributed by atoms with Crippen LogP contribution in [0.15, 0.2) is 29.2 Å². The molecule has 7 nitrogen and oxygen atoms in total. The highest BCUT2D eigenvalue weighted by molar-refractivity contribution is 6.30. The molecule has 1 fully saturated rings. The van der Waals surface area contributed by atoms with Crippen molar-refractivity contribution >= 4 is 23.3 Å². The number of hydrogen-bond donors (Lipinski definition) is 1. The monoisotopic (exact) mass is 447 g/mol. The first-order valence-corrected chi connectivity index (χ1v) is 10.6.